The highest BCUT2D eigenvalue weighted by molar-refractivity contribution is 5.81. The molecule has 0 amide bonds. The molecule has 6 heteroatoms. The van der Waals surface area contributed by atoms with Crippen LogP contribution in [0, 0.1) is 0 Å². The van der Waals surface area contributed by atoms with Crippen molar-refractivity contribution in [2.75, 3.05) is 0 Å². The maximum Gasteiger partial charge on any atom is 0.330 e. The van der Waals surface area contributed by atoms with E-state index < -0.39 is 12.1 Å². The van der Waals surface area contributed by atoms with Crippen molar-refractivity contribution in [3.63, 3.8) is 0 Å². The Morgan fingerprint density at radius 3 is 2.56 bits per heavy atom. The minimum atomic E-state index is -0.464. The number of esters is 1. The summed E-state index contributed by atoms with van der Waals surface area (Å²) in [4.78, 5) is 13.2. The zero-order chi connectivity index (χ0) is 19.2. The van der Waals surface area contributed by atoms with Gasteiger partial charge in [0.05, 0.1) is 0 Å². The minimum absolute atomic E-state index is 0.0569. The van der Waals surface area contributed by atoms with E-state index in [1.807, 2.05) is 24.3 Å². The molecule has 0 spiro atoms. The molecule has 2 aromatic carbocycles. The summed E-state index contributed by atoms with van der Waals surface area (Å²) in [6.45, 7) is 5.59. The fourth-order valence-corrected chi connectivity index (χ4v) is 2.93. The third-order valence-corrected chi connectivity index (χ3v) is 4.37. The summed E-state index contributed by atoms with van der Waals surface area (Å²) in [6, 6.07) is 12.6. The number of hydrogen-bond acceptors (Lipinski definition) is 5. The summed E-state index contributed by atoms with van der Waals surface area (Å²) in [6.07, 6.45) is 4.52. The van der Waals surface area contributed by atoms with Crippen LogP contribution < -0.4 is 0 Å². The van der Waals surface area contributed by atoms with Crippen molar-refractivity contribution < 1.29 is 14.6 Å². The van der Waals surface area contributed by atoms with E-state index in [1.165, 1.54) is 4.80 Å². The molecule has 1 heterocycles. The molecule has 1 aromatic heterocycles. The van der Waals surface area contributed by atoms with E-state index in [0.717, 1.165) is 41.9 Å². The lowest BCUT2D eigenvalue weighted by Crippen LogP contribution is -2.10. The van der Waals surface area contributed by atoms with Gasteiger partial charge in [0.25, 0.3) is 0 Å². The molecule has 3 rings (SSSR count). The van der Waals surface area contributed by atoms with Crippen LogP contribution in [-0.2, 0) is 9.53 Å². The summed E-state index contributed by atoms with van der Waals surface area (Å²) in [7, 11) is 0. The lowest BCUT2D eigenvalue weighted by atomic mass is 10.0. The number of aromatic nitrogens is 3. The maximum atomic E-state index is 11.7. The number of fused-ring (bicyclic) bond motifs is 1. The van der Waals surface area contributed by atoms with E-state index in [0.29, 0.717) is 12.1 Å². The second kappa shape index (κ2) is 8.49. The van der Waals surface area contributed by atoms with Crippen molar-refractivity contribution in [1.82, 2.24) is 15.0 Å². The normalized spacial score (nSPS) is 12.0. The van der Waals surface area contributed by atoms with Gasteiger partial charge in [-0.3, -0.25) is 0 Å². The van der Waals surface area contributed by atoms with Crippen LogP contribution in [0.3, 0.4) is 0 Å². The Hall–Kier alpha value is -3.15. The molecule has 27 heavy (non-hydrogen) atoms. The van der Waals surface area contributed by atoms with Crippen molar-refractivity contribution in [1.29, 1.82) is 0 Å². The van der Waals surface area contributed by atoms with Gasteiger partial charge in [-0.15, -0.1) is 15.0 Å². The average molecular weight is 365 g/mol. The molecule has 0 radical (unpaired) electrons. The number of phenolic OH excluding ortho intramolecular Hbond substituents is 1. The Bertz CT molecular complexity index is 916. The lowest BCUT2D eigenvalue weighted by Gasteiger charge is -2.18. The van der Waals surface area contributed by atoms with Gasteiger partial charge in [-0.05, 0) is 42.7 Å². The van der Waals surface area contributed by atoms with Crippen molar-refractivity contribution >= 4 is 17.0 Å². The Kier molecular flexibility index (Phi) is 5.86. The molecule has 1 atom stereocenters. The van der Waals surface area contributed by atoms with Gasteiger partial charge < -0.3 is 9.84 Å². The van der Waals surface area contributed by atoms with Gasteiger partial charge in [-0.2, -0.15) is 0 Å². The molecule has 0 bridgehead atoms. The first-order valence-corrected chi connectivity index (χ1v) is 9.10. The molecule has 140 valence electrons. The minimum Gasteiger partial charge on any atom is -0.506 e. The molecule has 0 aliphatic heterocycles. The molecule has 3 aromatic rings. The van der Waals surface area contributed by atoms with Gasteiger partial charge in [-0.25, -0.2) is 4.79 Å². The number of carbonyl (C=O) groups is 1. The summed E-state index contributed by atoms with van der Waals surface area (Å²) < 4.78 is 5.53. The second-order valence-corrected chi connectivity index (χ2v) is 6.35. The zero-order valence-electron chi connectivity index (χ0n) is 15.3. The van der Waals surface area contributed by atoms with Crippen LogP contribution in [0.15, 0.2) is 55.1 Å². The quantitative estimate of drug-likeness (QED) is 0.362. The fraction of sp³-hybridized carbons (Fsp3) is 0.286. The molecule has 0 saturated heterocycles. The first-order valence-electron chi connectivity index (χ1n) is 9.10. The van der Waals surface area contributed by atoms with Crippen molar-refractivity contribution in [3.8, 4) is 11.4 Å². The van der Waals surface area contributed by atoms with Crippen LogP contribution in [0.5, 0.6) is 5.75 Å². The lowest BCUT2D eigenvalue weighted by molar-refractivity contribution is -0.143. The topological polar surface area (TPSA) is 77.2 Å². The largest absolute Gasteiger partial charge is 0.506 e. The van der Waals surface area contributed by atoms with E-state index in [4.69, 9.17) is 4.74 Å². The molecule has 0 aliphatic carbocycles. The maximum absolute atomic E-state index is 11.7. The van der Waals surface area contributed by atoms with Crippen LogP contribution in [0.4, 0.5) is 0 Å². The monoisotopic (exact) mass is 365 g/mol. The first-order chi connectivity index (χ1) is 13.1. The number of rotatable bonds is 8. The summed E-state index contributed by atoms with van der Waals surface area (Å²) in [5.41, 5.74) is 2.70. The van der Waals surface area contributed by atoms with E-state index in [2.05, 4.69) is 23.7 Å². The van der Waals surface area contributed by atoms with Gasteiger partial charge >= 0.3 is 5.97 Å². The Morgan fingerprint density at radius 1 is 1.22 bits per heavy atom. The molecule has 0 saturated carbocycles. The number of unbranched alkanes of at least 4 members (excludes halogenated alkanes) is 2. The third kappa shape index (κ3) is 4.34. The van der Waals surface area contributed by atoms with Crippen molar-refractivity contribution in [3.05, 3.63) is 60.7 Å². The molecule has 1 unspecified atom stereocenters. The molecule has 0 aliphatic rings. The predicted molar refractivity (Wildman–Crippen MR) is 104 cm³/mol. The van der Waals surface area contributed by atoms with Gasteiger partial charge in [-0.1, -0.05) is 44.5 Å². The van der Waals surface area contributed by atoms with E-state index in [9.17, 15) is 9.90 Å². The number of ether oxygens (including phenoxy) is 1. The molecular formula is C21H23N3O3. The van der Waals surface area contributed by atoms with Crippen molar-refractivity contribution in [2.24, 2.45) is 0 Å². The zero-order valence-corrected chi connectivity index (χ0v) is 15.3. The van der Waals surface area contributed by atoms with E-state index in [1.54, 1.807) is 18.2 Å². The van der Waals surface area contributed by atoms with Gasteiger partial charge in [0.15, 0.2) is 0 Å². The van der Waals surface area contributed by atoms with Crippen molar-refractivity contribution in [2.45, 2.75) is 38.7 Å². The van der Waals surface area contributed by atoms with Crippen LogP contribution in [-0.4, -0.2) is 26.1 Å². The SMILES string of the molecule is C=CC(=O)OC(CCCCC)c1ccc(O)c(-n2nc3ccccc3n2)c1. The summed E-state index contributed by atoms with van der Waals surface area (Å²) >= 11 is 0. The van der Waals surface area contributed by atoms with Crippen LogP contribution in [0.25, 0.3) is 16.7 Å². The van der Waals surface area contributed by atoms with Gasteiger partial charge in [0, 0.05) is 6.08 Å². The van der Waals surface area contributed by atoms with Gasteiger partial charge in [0.1, 0.15) is 28.6 Å². The molecule has 6 nitrogen and oxygen atoms in total. The molecule has 0 fully saturated rings. The number of hydrogen-bond donors (Lipinski definition) is 1. The highest BCUT2D eigenvalue weighted by atomic mass is 16.5. The number of aromatic hydroxyl groups is 1. The summed E-state index contributed by atoms with van der Waals surface area (Å²) in [5, 5.41) is 19.1. The Balaban J connectivity index is 1.95. The van der Waals surface area contributed by atoms with Crippen LogP contribution in [0.2, 0.25) is 0 Å². The predicted octanol–water partition coefficient (Wildman–Crippen LogP) is 4.48. The first kappa shape index (κ1) is 18.6. The Morgan fingerprint density at radius 2 is 1.93 bits per heavy atom. The smallest absolute Gasteiger partial charge is 0.330 e. The molecular weight excluding hydrogens is 342 g/mol. The van der Waals surface area contributed by atoms with E-state index >= 15 is 0 Å². The van der Waals surface area contributed by atoms with E-state index in [-0.39, 0.29) is 5.75 Å². The highest BCUT2D eigenvalue weighted by Gasteiger charge is 2.18. The average Bonchev–Trinajstić information content (AvgIpc) is 3.11. The summed E-state index contributed by atoms with van der Waals surface area (Å²) in [5.74, 6) is -0.407. The van der Waals surface area contributed by atoms with Crippen LogP contribution in [0.1, 0.15) is 44.3 Å². The fourth-order valence-electron chi connectivity index (χ4n) is 2.93. The second-order valence-electron chi connectivity index (χ2n) is 6.35. The number of phenols is 1. The highest BCUT2D eigenvalue weighted by Crippen LogP contribution is 2.30. The molecule has 1 N–H and O–H groups in total. The van der Waals surface area contributed by atoms with Crippen LogP contribution >= 0.6 is 0 Å². The number of benzene rings is 2. The number of nitrogens with zero attached hydrogens (tertiary/aromatic N) is 3. The third-order valence-electron chi connectivity index (χ3n) is 4.37. The standard InChI is InChI=1S/C21H23N3O3/c1-3-5-6-11-20(27-21(26)4-2)15-12-13-19(25)18(14-15)24-22-16-9-7-8-10-17(16)23-24/h4,7-10,12-14,20,25H,2-3,5-6,11H2,1H3. The van der Waals surface area contributed by atoms with Gasteiger partial charge in [0.2, 0.25) is 0 Å². The number of carbonyl (C=O) groups excluding carboxylic acids is 1. The Labute approximate surface area is 158 Å².